The Bertz CT molecular complexity index is 636. The molecule has 4 heteroatoms. The molecule has 0 aliphatic rings. The molecular weight excluding hydrogens is 310 g/mol. The topological polar surface area (TPSA) is 29.5 Å². The van der Waals surface area contributed by atoms with Crippen molar-refractivity contribution in [1.29, 1.82) is 0 Å². The van der Waals surface area contributed by atoms with Crippen LogP contribution in [0.15, 0.2) is 48.5 Å². The quantitative estimate of drug-likeness (QED) is 0.698. The standard InChI is InChI=1S/C19H22ClNO2/c1-3-21(4-2)13-15-8-10-16(11-9-15)14-23-19(22)17-6-5-7-18(20)12-17/h5-12H,3-4,13-14H2,1-2H3. The minimum absolute atomic E-state index is 0.261. The second kappa shape index (κ2) is 8.70. The molecule has 0 bridgehead atoms. The lowest BCUT2D eigenvalue weighted by Gasteiger charge is -2.18. The molecule has 2 aromatic rings. The van der Waals surface area contributed by atoms with Crippen LogP contribution in [0, 0.1) is 0 Å². The van der Waals surface area contributed by atoms with Crippen LogP contribution in [-0.4, -0.2) is 24.0 Å². The van der Waals surface area contributed by atoms with E-state index in [1.54, 1.807) is 24.3 Å². The Morgan fingerprint density at radius 3 is 2.30 bits per heavy atom. The Kier molecular flexibility index (Phi) is 6.63. The van der Waals surface area contributed by atoms with E-state index in [1.807, 2.05) is 12.1 Å². The van der Waals surface area contributed by atoms with Crippen molar-refractivity contribution in [3.05, 3.63) is 70.2 Å². The normalized spacial score (nSPS) is 10.8. The molecule has 3 nitrogen and oxygen atoms in total. The van der Waals surface area contributed by atoms with E-state index in [-0.39, 0.29) is 12.6 Å². The van der Waals surface area contributed by atoms with Crippen LogP contribution in [0.1, 0.15) is 35.3 Å². The van der Waals surface area contributed by atoms with Crippen molar-refractivity contribution in [3.8, 4) is 0 Å². The molecule has 0 heterocycles. The van der Waals surface area contributed by atoms with E-state index in [1.165, 1.54) is 5.56 Å². The lowest BCUT2D eigenvalue weighted by molar-refractivity contribution is 0.0472. The fourth-order valence-corrected chi connectivity index (χ4v) is 2.48. The fraction of sp³-hybridized carbons (Fsp3) is 0.316. The van der Waals surface area contributed by atoms with Gasteiger partial charge in [0.2, 0.25) is 0 Å². The van der Waals surface area contributed by atoms with Gasteiger partial charge in [-0.3, -0.25) is 4.90 Å². The van der Waals surface area contributed by atoms with Crippen molar-refractivity contribution in [2.24, 2.45) is 0 Å². The van der Waals surface area contributed by atoms with Crippen molar-refractivity contribution >= 4 is 17.6 Å². The van der Waals surface area contributed by atoms with Gasteiger partial charge in [0, 0.05) is 11.6 Å². The molecule has 0 spiro atoms. The van der Waals surface area contributed by atoms with Gasteiger partial charge in [-0.2, -0.15) is 0 Å². The van der Waals surface area contributed by atoms with Gasteiger partial charge in [-0.25, -0.2) is 4.79 Å². The van der Waals surface area contributed by atoms with E-state index in [0.717, 1.165) is 25.2 Å². The third kappa shape index (κ3) is 5.38. The molecule has 122 valence electrons. The molecule has 0 amide bonds. The number of hydrogen-bond donors (Lipinski definition) is 0. The van der Waals surface area contributed by atoms with E-state index in [0.29, 0.717) is 10.6 Å². The number of carbonyl (C=O) groups is 1. The van der Waals surface area contributed by atoms with Crippen molar-refractivity contribution < 1.29 is 9.53 Å². The summed E-state index contributed by atoms with van der Waals surface area (Å²) in [5.41, 5.74) is 2.71. The highest BCUT2D eigenvalue weighted by atomic mass is 35.5. The summed E-state index contributed by atoms with van der Waals surface area (Å²) in [4.78, 5) is 14.3. The molecule has 23 heavy (non-hydrogen) atoms. The molecule has 2 rings (SSSR count). The molecule has 0 saturated heterocycles. The van der Waals surface area contributed by atoms with Gasteiger partial charge in [-0.15, -0.1) is 0 Å². The number of halogens is 1. The number of nitrogens with zero attached hydrogens (tertiary/aromatic N) is 1. The van der Waals surface area contributed by atoms with Crippen LogP contribution in [-0.2, 0) is 17.9 Å². The molecule has 0 aliphatic carbocycles. The van der Waals surface area contributed by atoms with Crippen LogP contribution in [0.3, 0.4) is 0 Å². The Morgan fingerprint density at radius 1 is 1.04 bits per heavy atom. The molecule has 0 unspecified atom stereocenters. The summed E-state index contributed by atoms with van der Waals surface area (Å²) in [6, 6.07) is 14.9. The van der Waals surface area contributed by atoms with Crippen LogP contribution in [0.2, 0.25) is 5.02 Å². The van der Waals surface area contributed by atoms with Crippen LogP contribution in [0.25, 0.3) is 0 Å². The SMILES string of the molecule is CCN(CC)Cc1ccc(COC(=O)c2cccc(Cl)c2)cc1. The maximum absolute atomic E-state index is 12.0. The van der Waals surface area contributed by atoms with Gasteiger partial charge in [0.25, 0.3) is 0 Å². The average molecular weight is 332 g/mol. The number of rotatable bonds is 7. The summed E-state index contributed by atoms with van der Waals surface area (Å²) >= 11 is 5.88. The fourth-order valence-electron chi connectivity index (χ4n) is 2.29. The third-order valence-corrected chi connectivity index (χ3v) is 3.99. The second-order valence-electron chi connectivity index (χ2n) is 5.36. The highest BCUT2D eigenvalue weighted by Gasteiger charge is 2.08. The number of hydrogen-bond acceptors (Lipinski definition) is 3. The van der Waals surface area contributed by atoms with E-state index < -0.39 is 0 Å². The van der Waals surface area contributed by atoms with Gasteiger partial charge in [-0.1, -0.05) is 55.8 Å². The van der Waals surface area contributed by atoms with Crippen molar-refractivity contribution in [1.82, 2.24) is 4.90 Å². The summed E-state index contributed by atoms with van der Waals surface area (Å²) < 4.78 is 5.32. The number of ether oxygens (including phenoxy) is 1. The van der Waals surface area contributed by atoms with E-state index in [4.69, 9.17) is 16.3 Å². The first-order valence-electron chi connectivity index (χ1n) is 7.85. The van der Waals surface area contributed by atoms with Crippen molar-refractivity contribution in [2.45, 2.75) is 27.0 Å². The van der Waals surface area contributed by atoms with Crippen LogP contribution in [0.5, 0.6) is 0 Å². The Morgan fingerprint density at radius 2 is 1.70 bits per heavy atom. The largest absolute Gasteiger partial charge is 0.457 e. The van der Waals surface area contributed by atoms with Crippen LogP contribution >= 0.6 is 11.6 Å². The third-order valence-electron chi connectivity index (χ3n) is 3.75. The molecular formula is C19H22ClNO2. The van der Waals surface area contributed by atoms with Gasteiger partial charge in [-0.05, 0) is 42.4 Å². The first kappa shape index (κ1) is 17.5. The average Bonchev–Trinajstić information content (AvgIpc) is 2.58. The molecule has 0 N–H and O–H groups in total. The summed E-state index contributed by atoms with van der Waals surface area (Å²) in [5, 5.41) is 0.528. The zero-order valence-electron chi connectivity index (χ0n) is 13.6. The Hall–Kier alpha value is -1.84. The predicted molar refractivity (Wildman–Crippen MR) is 93.6 cm³/mol. The lowest BCUT2D eigenvalue weighted by atomic mass is 10.1. The van der Waals surface area contributed by atoms with Gasteiger partial charge in [0.1, 0.15) is 6.61 Å². The number of benzene rings is 2. The maximum atomic E-state index is 12.0. The molecule has 2 aromatic carbocycles. The summed E-state index contributed by atoms with van der Waals surface area (Å²) in [5.74, 6) is -0.361. The number of esters is 1. The first-order chi connectivity index (χ1) is 11.1. The van der Waals surface area contributed by atoms with E-state index >= 15 is 0 Å². The maximum Gasteiger partial charge on any atom is 0.338 e. The smallest absolute Gasteiger partial charge is 0.338 e. The second-order valence-corrected chi connectivity index (χ2v) is 5.80. The molecule has 0 aliphatic heterocycles. The van der Waals surface area contributed by atoms with Gasteiger partial charge >= 0.3 is 5.97 Å². The minimum atomic E-state index is -0.361. The zero-order valence-corrected chi connectivity index (χ0v) is 14.3. The zero-order chi connectivity index (χ0) is 16.7. The van der Waals surface area contributed by atoms with Gasteiger partial charge in [0.15, 0.2) is 0 Å². The molecule has 0 aromatic heterocycles. The number of carbonyl (C=O) groups excluding carboxylic acids is 1. The van der Waals surface area contributed by atoms with E-state index in [2.05, 4.69) is 30.9 Å². The van der Waals surface area contributed by atoms with Crippen LogP contribution in [0.4, 0.5) is 0 Å². The molecule has 0 saturated carbocycles. The molecule has 0 radical (unpaired) electrons. The summed E-state index contributed by atoms with van der Waals surface area (Å²) in [7, 11) is 0. The monoisotopic (exact) mass is 331 g/mol. The molecule has 0 atom stereocenters. The van der Waals surface area contributed by atoms with Crippen molar-refractivity contribution in [2.75, 3.05) is 13.1 Å². The van der Waals surface area contributed by atoms with Crippen molar-refractivity contribution in [3.63, 3.8) is 0 Å². The van der Waals surface area contributed by atoms with E-state index in [9.17, 15) is 4.79 Å². The van der Waals surface area contributed by atoms with Gasteiger partial charge in [0.05, 0.1) is 5.56 Å². The first-order valence-corrected chi connectivity index (χ1v) is 8.23. The molecule has 0 fully saturated rings. The Labute approximate surface area is 142 Å². The predicted octanol–water partition coefficient (Wildman–Crippen LogP) is 4.54. The lowest BCUT2D eigenvalue weighted by Crippen LogP contribution is -2.22. The minimum Gasteiger partial charge on any atom is -0.457 e. The summed E-state index contributed by atoms with van der Waals surface area (Å²) in [6.45, 7) is 7.60. The highest BCUT2D eigenvalue weighted by molar-refractivity contribution is 6.30. The van der Waals surface area contributed by atoms with Gasteiger partial charge < -0.3 is 4.74 Å². The highest BCUT2D eigenvalue weighted by Crippen LogP contribution is 2.13. The van der Waals surface area contributed by atoms with Crippen LogP contribution < -0.4 is 0 Å². The Balaban J connectivity index is 1.90. The summed E-state index contributed by atoms with van der Waals surface area (Å²) in [6.07, 6.45) is 0.